The molecule has 1 fully saturated rings. The zero-order valence-electron chi connectivity index (χ0n) is 10.8. The van der Waals surface area contributed by atoms with Crippen molar-refractivity contribution in [3.05, 3.63) is 23.8 Å². The summed E-state index contributed by atoms with van der Waals surface area (Å²) in [5, 5.41) is 0.657. The third-order valence-electron chi connectivity index (χ3n) is 3.83. The quantitative estimate of drug-likeness (QED) is 0.848. The van der Waals surface area contributed by atoms with Gasteiger partial charge < -0.3 is 15.2 Å². The number of thioether (sulfide) groups is 1. The lowest BCUT2D eigenvalue weighted by Crippen LogP contribution is -2.43. The second kappa shape index (κ2) is 4.35. The molecule has 0 saturated carbocycles. The fraction of sp³-hybridized carbons (Fsp3) is 0.571. The Kier molecular flexibility index (Phi) is 2.94. The molecule has 1 aromatic carbocycles. The van der Waals surface area contributed by atoms with E-state index in [-0.39, 0.29) is 11.6 Å². The predicted molar refractivity (Wildman–Crippen MR) is 74.4 cm³/mol. The van der Waals surface area contributed by atoms with Crippen LogP contribution in [-0.4, -0.2) is 23.7 Å². The smallest absolute Gasteiger partial charge is 0.128 e. The average Bonchev–Trinajstić information content (AvgIpc) is 2.69. The van der Waals surface area contributed by atoms with E-state index in [4.69, 9.17) is 15.2 Å². The van der Waals surface area contributed by atoms with E-state index in [0.717, 1.165) is 35.7 Å². The number of hydrogen-bond acceptors (Lipinski definition) is 4. The Morgan fingerprint density at radius 3 is 2.94 bits per heavy atom. The van der Waals surface area contributed by atoms with Gasteiger partial charge >= 0.3 is 0 Å². The van der Waals surface area contributed by atoms with E-state index in [1.165, 1.54) is 0 Å². The molecule has 0 aromatic heterocycles. The fourth-order valence-electron chi connectivity index (χ4n) is 2.97. The van der Waals surface area contributed by atoms with Crippen molar-refractivity contribution in [2.75, 3.05) is 12.9 Å². The van der Waals surface area contributed by atoms with E-state index in [1.807, 2.05) is 30.0 Å². The molecule has 2 N–H and O–H groups in total. The highest BCUT2D eigenvalue weighted by atomic mass is 32.2. The minimum absolute atomic E-state index is 0.0666. The van der Waals surface area contributed by atoms with Gasteiger partial charge in [0.05, 0.1) is 7.11 Å². The third kappa shape index (κ3) is 1.97. The number of hydrogen-bond donors (Lipinski definition) is 1. The van der Waals surface area contributed by atoms with Gasteiger partial charge in [0.25, 0.3) is 0 Å². The maximum atomic E-state index is 6.31. The number of nitrogens with two attached hydrogens (primary N) is 1. The maximum absolute atomic E-state index is 6.31. The molecule has 98 valence electrons. The molecular formula is C14H19NO2S. The molecule has 3 nitrogen and oxygen atoms in total. The Balaban J connectivity index is 1.95. The Labute approximate surface area is 112 Å². The Bertz CT molecular complexity index is 465. The number of fused-ring (bicyclic) bond motifs is 1. The van der Waals surface area contributed by atoms with Gasteiger partial charge in [-0.05, 0) is 12.5 Å². The highest BCUT2D eigenvalue weighted by molar-refractivity contribution is 8.00. The van der Waals surface area contributed by atoms with Gasteiger partial charge in [0.2, 0.25) is 0 Å². The van der Waals surface area contributed by atoms with Crippen LogP contribution in [0.3, 0.4) is 0 Å². The molecule has 2 aliphatic rings. The number of methoxy groups -OCH3 is 1. The average molecular weight is 265 g/mol. The lowest BCUT2D eigenvalue weighted by molar-refractivity contribution is 0.0573. The van der Waals surface area contributed by atoms with Crippen molar-refractivity contribution in [2.24, 2.45) is 5.73 Å². The van der Waals surface area contributed by atoms with E-state index in [2.05, 4.69) is 6.92 Å². The molecule has 1 saturated heterocycles. The van der Waals surface area contributed by atoms with Gasteiger partial charge in [-0.25, -0.2) is 0 Å². The van der Waals surface area contributed by atoms with Crippen LogP contribution in [0, 0.1) is 0 Å². The second-order valence-corrected chi connectivity index (χ2v) is 6.75. The summed E-state index contributed by atoms with van der Waals surface area (Å²) in [5.74, 6) is 2.78. The van der Waals surface area contributed by atoms with Crippen molar-refractivity contribution in [3.63, 3.8) is 0 Å². The van der Waals surface area contributed by atoms with Gasteiger partial charge in [0.15, 0.2) is 0 Å². The van der Waals surface area contributed by atoms with Crippen molar-refractivity contribution < 1.29 is 9.47 Å². The molecule has 2 heterocycles. The van der Waals surface area contributed by atoms with Gasteiger partial charge in [0, 0.05) is 35.1 Å². The molecule has 2 unspecified atom stereocenters. The van der Waals surface area contributed by atoms with Gasteiger partial charge in [-0.15, -0.1) is 0 Å². The van der Waals surface area contributed by atoms with Crippen LogP contribution in [0.15, 0.2) is 18.2 Å². The van der Waals surface area contributed by atoms with Crippen LogP contribution in [0.1, 0.15) is 31.4 Å². The molecule has 3 atom stereocenters. The predicted octanol–water partition coefficient (Wildman–Crippen LogP) is 2.74. The summed E-state index contributed by atoms with van der Waals surface area (Å²) in [6.45, 7) is 2.26. The van der Waals surface area contributed by atoms with Crippen molar-refractivity contribution in [1.29, 1.82) is 0 Å². The topological polar surface area (TPSA) is 44.5 Å². The Morgan fingerprint density at radius 2 is 2.28 bits per heavy atom. The minimum Gasteiger partial charge on any atom is -0.497 e. The van der Waals surface area contributed by atoms with Gasteiger partial charge in [0.1, 0.15) is 17.1 Å². The number of benzene rings is 1. The molecule has 3 rings (SSSR count). The first-order valence-electron chi connectivity index (χ1n) is 6.36. The Morgan fingerprint density at radius 1 is 1.44 bits per heavy atom. The van der Waals surface area contributed by atoms with Crippen molar-refractivity contribution >= 4 is 11.8 Å². The molecule has 0 radical (unpaired) electrons. The van der Waals surface area contributed by atoms with Gasteiger partial charge in [-0.1, -0.05) is 13.0 Å². The molecule has 0 aliphatic carbocycles. The first kappa shape index (κ1) is 12.2. The van der Waals surface area contributed by atoms with Crippen LogP contribution >= 0.6 is 11.8 Å². The fourth-order valence-corrected chi connectivity index (χ4v) is 4.28. The SMILES string of the molecule is COc1ccc2c(c1)OC1(CSC(C)C1)C[C@H]2N. The summed E-state index contributed by atoms with van der Waals surface area (Å²) >= 11 is 1.98. The van der Waals surface area contributed by atoms with Crippen LogP contribution in [-0.2, 0) is 0 Å². The monoisotopic (exact) mass is 265 g/mol. The normalized spacial score (nSPS) is 34.2. The minimum atomic E-state index is -0.0666. The standard InChI is InChI=1S/C14H19NO2S/c1-9-6-14(8-18-9)7-12(15)11-4-3-10(16-2)5-13(11)17-14/h3-5,9,12H,6-8,15H2,1-2H3/t9?,12-,14?/m1/s1. The Hall–Kier alpha value is -0.870. The maximum Gasteiger partial charge on any atom is 0.128 e. The van der Waals surface area contributed by atoms with Crippen LogP contribution in [0.2, 0.25) is 0 Å². The van der Waals surface area contributed by atoms with E-state index in [1.54, 1.807) is 7.11 Å². The summed E-state index contributed by atoms with van der Waals surface area (Å²) < 4.78 is 11.5. The summed E-state index contributed by atoms with van der Waals surface area (Å²) in [4.78, 5) is 0. The zero-order chi connectivity index (χ0) is 12.8. The van der Waals surface area contributed by atoms with Crippen LogP contribution in [0.4, 0.5) is 0 Å². The number of rotatable bonds is 1. The van der Waals surface area contributed by atoms with Crippen molar-refractivity contribution in [2.45, 2.75) is 36.7 Å². The van der Waals surface area contributed by atoms with E-state index in [0.29, 0.717) is 5.25 Å². The summed E-state index contributed by atoms with van der Waals surface area (Å²) in [6.07, 6.45) is 2.01. The molecule has 0 amide bonds. The second-order valence-electron chi connectivity index (χ2n) is 5.33. The first-order valence-corrected chi connectivity index (χ1v) is 7.41. The van der Waals surface area contributed by atoms with Crippen molar-refractivity contribution in [1.82, 2.24) is 0 Å². The first-order chi connectivity index (χ1) is 8.62. The van der Waals surface area contributed by atoms with Crippen LogP contribution in [0.5, 0.6) is 11.5 Å². The van der Waals surface area contributed by atoms with E-state index >= 15 is 0 Å². The highest BCUT2D eigenvalue weighted by Gasteiger charge is 2.45. The summed E-state index contributed by atoms with van der Waals surface area (Å²) in [7, 11) is 1.67. The highest BCUT2D eigenvalue weighted by Crippen LogP contribution is 2.48. The van der Waals surface area contributed by atoms with Crippen LogP contribution < -0.4 is 15.2 Å². The van der Waals surface area contributed by atoms with E-state index < -0.39 is 0 Å². The molecule has 2 aliphatic heterocycles. The van der Waals surface area contributed by atoms with Crippen molar-refractivity contribution in [3.8, 4) is 11.5 Å². The van der Waals surface area contributed by atoms with Crippen LogP contribution in [0.25, 0.3) is 0 Å². The summed E-state index contributed by atoms with van der Waals surface area (Å²) in [6, 6.07) is 6.01. The number of ether oxygens (including phenoxy) is 2. The molecule has 1 spiro atoms. The molecule has 0 bridgehead atoms. The molecular weight excluding hydrogens is 246 g/mol. The summed E-state index contributed by atoms with van der Waals surface area (Å²) in [5.41, 5.74) is 7.34. The third-order valence-corrected chi connectivity index (χ3v) is 5.26. The lowest BCUT2D eigenvalue weighted by Gasteiger charge is -2.38. The van der Waals surface area contributed by atoms with E-state index in [9.17, 15) is 0 Å². The zero-order valence-corrected chi connectivity index (χ0v) is 11.6. The molecule has 18 heavy (non-hydrogen) atoms. The lowest BCUT2D eigenvalue weighted by atomic mass is 9.86. The molecule has 4 heteroatoms. The molecule has 1 aromatic rings. The largest absolute Gasteiger partial charge is 0.497 e. The van der Waals surface area contributed by atoms with Gasteiger partial charge in [-0.2, -0.15) is 11.8 Å². The van der Waals surface area contributed by atoms with Gasteiger partial charge in [-0.3, -0.25) is 0 Å².